The molecule has 0 bridgehead atoms. The van der Waals surface area contributed by atoms with Crippen molar-refractivity contribution >= 4 is 11.7 Å². The number of hydrogen-bond donors (Lipinski definition) is 0. The number of oxime groups is 1. The largest absolute Gasteiger partial charge is 0.461 e. The van der Waals surface area contributed by atoms with E-state index in [1.165, 1.54) is 0 Å². The fraction of sp³-hybridized carbons (Fsp3) is 0.667. The lowest BCUT2D eigenvalue weighted by Gasteiger charge is -1.98. The second-order valence-corrected chi connectivity index (χ2v) is 2.48. The lowest BCUT2D eigenvalue weighted by molar-refractivity contribution is -0.139. The third-order valence-corrected chi connectivity index (χ3v) is 1.80. The maximum absolute atomic E-state index is 10.9. The Morgan fingerprint density at radius 2 is 2.50 bits per heavy atom. The standard InChI is InChI=1S/C6H7NO3/c1-3-5-4(10-7-3)2-9-6(5)8/h4-5H,2H2,1H3/t4-,5-/m1/s1. The van der Waals surface area contributed by atoms with Crippen LogP contribution in [0.2, 0.25) is 0 Å². The first kappa shape index (κ1) is 5.70. The Balaban J connectivity index is 2.27. The van der Waals surface area contributed by atoms with Gasteiger partial charge in [-0.3, -0.25) is 4.79 Å². The predicted molar refractivity (Wildman–Crippen MR) is 32.4 cm³/mol. The summed E-state index contributed by atoms with van der Waals surface area (Å²) in [6, 6.07) is 0. The van der Waals surface area contributed by atoms with Gasteiger partial charge < -0.3 is 9.57 Å². The van der Waals surface area contributed by atoms with Gasteiger partial charge in [-0.25, -0.2) is 0 Å². The highest BCUT2D eigenvalue weighted by atomic mass is 16.7. The third kappa shape index (κ3) is 0.558. The van der Waals surface area contributed by atoms with Crippen LogP contribution in [0, 0.1) is 5.92 Å². The summed E-state index contributed by atoms with van der Waals surface area (Å²) in [5.74, 6) is -0.427. The van der Waals surface area contributed by atoms with Crippen LogP contribution in [0.3, 0.4) is 0 Å². The number of esters is 1. The maximum atomic E-state index is 10.9. The number of ether oxygens (including phenoxy) is 1. The Morgan fingerprint density at radius 1 is 1.70 bits per heavy atom. The van der Waals surface area contributed by atoms with Crippen LogP contribution in [0.1, 0.15) is 6.92 Å². The van der Waals surface area contributed by atoms with Crippen LogP contribution in [0.25, 0.3) is 0 Å². The number of fused-ring (bicyclic) bond motifs is 1. The minimum Gasteiger partial charge on any atom is -0.461 e. The summed E-state index contributed by atoms with van der Waals surface area (Å²) < 4.78 is 4.75. The first-order valence-corrected chi connectivity index (χ1v) is 3.16. The Kier molecular flexibility index (Phi) is 0.977. The van der Waals surface area contributed by atoms with E-state index in [-0.39, 0.29) is 18.0 Å². The van der Waals surface area contributed by atoms with E-state index in [2.05, 4.69) is 5.16 Å². The molecule has 0 spiro atoms. The van der Waals surface area contributed by atoms with Gasteiger partial charge in [-0.1, -0.05) is 5.16 Å². The molecule has 4 nitrogen and oxygen atoms in total. The minimum absolute atomic E-state index is 0.146. The molecule has 54 valence electrons. The molecule has 0 unspecified atom stereocenters. The van der Waals surface area contributed by atoms with Gasteiger partial charge in [0.2, 0.25) is 0 Å². The van der Waals surface area contributed by atoms with Crippen molar-refractivity contribution in [3.8, 4) is 0 Å². The van der Waals surface area contributed by atoms with Gasteiger partial charge in [0, 0.05) is 0 Å². The summed E-state index contributed by atoms with van der Waals surface area (Å²) in [6.07, 6.45) is -0.146. The molecule has 1 fully saturated rings. The number of carbonyl (C=O) groups is 1. The lowest BCUT2D eigenvalue weighted by Crippen LogP contribution is -2.22. The van der Waals surface area contributed by atoms with Gasteiger partial charge in [-0.15, -0.1) is 0 Å². The maximum Gasteiger partial charge on any atom is 0.319 e. The smallest absolute Gasteiger partial charge is 0.319 e. The van der Waals surface area contributed by atoms with Gasteiger partial charge in [0.15, 0.2) is 6.10 Å². The molecule has 0 amide bonds. The fourth-order valence-electron chi connectivity index (χ4n) is 1.24. The van der Waals surface area contributed by atoms with Crippen molar-refractivity contribution in [3.05, 3.63) is 0 Å². The molecule has 2 atom stereocenters. The quantitative estimate of drug-likeness (QED) is 0.444. The van der Waals surface area contributed by atoms with Crippen molar-refractivity contribution in [2.45, 2.75) is 13.0 Å². The van der Waals surface area contributed by atoms with Crippen molar-refractivity contribution in [1.29, 1.82) is 0 Å². The zero-order valence-electron chi connectivity index (χ0n) is 5.53. The zero-order chi connectivity index (χ0) is 7.14. The van der Waals surface area contributed by atoms with Gasteiger partial charge >= 0.3 is 5.97 Å². The van der Waals surface area contributed by atoms with E-state index in [4.69, 9.17) is 9.57 Å². The van der Waals surface area contributed by atoms with E-state index >= 15 is 0 Å². The summed E-state index contributed by atoms with van der Waals surface area (Å²) in [7, 11) is 0. The number of nitrogens with zero attached hydrogens (tertiary/aromatic N) is 1. The van der Waals surface area contributed by atoms with Gasteiger partial charge in [0.05, 0.1) is 5.71 Å². The monoisotopic (exact) mass is 141 g/mol. The van der Waals surface area contributed by atoms with Crippen molar-refractivity contribution in [2.75, 3.05) is 6.61 Å². The number of rotatable bonds is 0. The molecule has 2 aliphatic rings. The van der Waals surface area contributed by atoms with Gasteiger partial charge in [-0.05, 0) is 6.92 Å². The number of hydrogen-bond acceptors (Lipinski definition) is 4. The molecule has 0 aliphatic carbocycles. The number of carbonyl (C=O) groups excluding carboxylic acids is 1. The highest BCUT2D eigenvalue weighted by Gasteiger charge is 2.44. The van der Waals surface area contributed by atoms with Crippen molar-refractivity contribution in [2.24, 2.45) is 11.1 Å². The summed E-state index contributed by atoms with van der Waals surface area (Å²) in [5.41, 5.74) is 0.729. The predicted octanol–water partition coefficient (Wildman–Crippen LogP) is -0.0659. The van der Waals surface area contributed by atoms with Crippen molar-refractivity contribution < 1.29 is 14.4 Å². The average Bonchev–Trinajstić information content (AvgIpc) is 2.40. The number of cyclic esters (lactones) is 1. The van der Waals surface area contributed by atoms with Crippen LogP contribution in [-0.4, -0.2) is 24.4 Å². The van der Waals surface area contributed by atoms with Gasteiger partial charge in [0.25, 0.3) is 0 Å². The lowest BCUT2D eigenvalue weighted by atomic mass is 10.0. The van der Waals surface area contributed by atoms with Crippen LogP contribution < -0.4 is 0 Å². The highest BCUT2D eigenvalue weighted by molar-refractivity contribution is 6.03. The SMILES string of the molecule is CC1=NO[C@@H]2COC(=O)[C@H]12. The topological polar surface area (TPSA) is 47.9 Å². The molecule has 0 radical (unpaired) electrons. The molecule has 1 saturated heterocycles. The average molecular weight is 141 g/mol. The van der Waals surface area contributed by atoms with Crippen LogP contribution in [-0.2, 0) is 14.4 Å². The first-order chi connectivity index (χ1) is 4.79. The first-order valence-electron chi connectivity index (χ1n) is 3.16. The second kappa shape index (κ2) is 1.71. The Hall–Kier alpha value is -1.06. The third-order valence-electron chi connectivity index (χ3n) is 1.80. The van der Waals surface area contributed by atoms with E-state index in [0.717, 1.165) is 5.71 Å². The van der Waals surface area contributed by atoms with Crippen LogP contribution in [0.15, 0.2) is 5.16 Å². The highest BCUT2D eigenvalue weighted by Crippen LogP contribution is 2.25. The zero-order valence-corrected chi connectivity index (χ0v) is 5.53. The molecular formula is C6H7NO3. The van der Waals surface area contributed by atoms with E-state index in [1.54, 1.807) is 6.92 Å². The summed E-state index contributed by atoms with van der Waals surface area (Å²) in [4.78, 5) is 15.8. The second-order valence-electron chi connectivity index (χ2n) is 2.48. The minimum atomic E-state index is -0.222. The molecule has 2 aliphatic heterocycles. The summed E-state index contributed by atoms with van der Waals surface area (Å²) in [5, 5.41) is 3.69. The van der Waals surface area contributed by atoms with E-state index in [1.807, 2.05) is 0 Å². The van der Waals surface area contributed by atoms with E-state index < -0.39 is 0 Å². The molecule has 0 aromatic rings. The van der Waals surface area contributed by atoms with Crippen molar-refractivity contribution in [3.63, 3.8) is 0 Å². The van der Waals surface area contributed by atoms with Gasteiger partial charge in [-0.2, -0.15) is 0 Å². The van der Waals surface area contributed by atoms with E-state index in [0.29, 0.717) is 6.61 Å². The van der Waals surface area contributed by atoms with Crippen molar-refractivity contribution in [1.82, 2.24) is 0 Å². The molecule has 0 aromatic heterocycles. The molecule has 10 heavy (non-hydrogen) atoms. The Morgan fingerprint density at radius 3 is 3.20 bits per heavy atom. The van der Waals surface area contributed by atoms with E-state index in [9.17, 15) is 4.79 Å². The molecule has 0 N–H and O–H groups in total. The summed E-state index contributed by atoms with van der Waals surface area (Å²) in [6.45, 7) is 2.13. The summed E-state index contributed by atoms with van der Waals surface area (Å²) >= 11 is 0. The molecule has 4 heteroatoms. The normalized spacial score (nSPS) is 36.5. The molecule has 0 saturated carbocycles. The molecular weight excluding hydrogens is 134 g/mol. The van der Waals surface area contributed by atoms with Gasteiger partial charge in [0.1, 0.15) is 12.5 Å². The Bertz CT molecular complexity index is 211. The Labute approximate surface area is 57.8 Å². The van der Waals surface area contributed by atoms with Crippen LogP contribution in [0.5, 0.6) is 0 Å². The molecule has 2 rings (SSSR count). The molecule has 0 aromatic carbocycles. The fourth-order valence-corrected chi connectivity index (χ4v) is 1.24. The molecule has 2 heterocycles. The van der Waals surface area contributed by atoms with Crippen LogP contribution in [0.4, 0.5) is 0 Å². The van der Waals surface area contributed by atoms with Crippen LogP contribution >= 0.6 is 0 Å².